The smallest absolute Gasteiger partial charge is 0.0726 e. The Morgan fingerprint density at radius 2 is 1.83 bits per heavy atom. The molecule has 1 aromatic heterocycles. The molecule has 0 aliphatic heterocycles. The van der Waals surface area contributed by atoms with E-state index < -0.39 is 0 Å². The number of nitrogens with zero attached hydrogens (tertiary/aromatic N) is 3. The van der Waals surface area contributed by atoms with Crippen LogP contribution in [-0.2, 0) is 12.8 Å². The van der Waals surface area contributed by atoms with Gasteiger partial charge in [0.25, 0.3) is 0 Å². The van der Waals surface area contributed by atoms with E-state index in [-0.39, 0.29) is 0 Å². The van der Waals surface area contributed by atoms with E-state index >= 15 is 0 Å². The lowest BCUT2D eigenvalue weighted by Gasteiger charge is -2.29. The van der Waals surface area contributed by atoms with Gasteiger partial charge in [0.1, 0.15) is 0 Å². The lowest BCUT2D eigenvalue weighted by atomic mass is 9.92. The molecular formula is C19H26ClN3. The minimum Gasteiger partial charge on any atom is -0.372 e. The minimum absolute atomic E-state index is 0.688. The molecule has 4 heteroatoms. The monoisotopic (exact) mass is 331 g/mol. The average Bonchev–Trinajstić information content (AvgIpc) is 2.57. The fourth-order valence-corrected chi connectivity index (χ4v) is 3.76. The Morgan fingerprint density at radius 3 is 2.65 bits per heavy atom. The second kappa shape index (κ2) is 7.50. The van der Waals surface area contributed by atoms with E-state index in [0.29, 0.717) is 5.88 Å². The summed E-state index contributed by atoms with van der Waals surface area (Å²) in [6.45, 7) is 2.97. The van der Waals surface area contributed by atoms with Crippen LogP contribution >= 0.6 is 11.6 Å². The van der Waals surface area contributed by atoms with Crippen molar-refractivity contribution in [3.63, 3.8) is 0 Å². The van der Waals surface area contributed by atoms with Crippen LogP contribution in [-0.4, -0.2) is 49.5 Å². The number of pyridine rings is 1. The van der Waals surface area contributed by atoms with Gasteiger partial charge < -0.3 is 9.80 Å². The van der Waals surface area contributed by atoms with Crippen molar-refractivity contribution in [2.75, 3.05) is 44.5 Å². The molecule has 1 aliphatic rings. The molecule has 0 amide bonds. The topological polar surface area (TPSA) is 19.4 Å². The van der Waals surface area contributed by atoms with Crippen molar-refractivity contribution in [2.45, 2.75) is 25.7 Å². The SMILES string of the molecule is CN(CCCl)CCN(C)c1c2c(nc3ccccc13)CCCC2. The molecule has 0 saturated carbocycles. The third-order valence-electron chi connectivity index (χ3n) is 4.80. The lowest BCUT2D eigenvalue weighted by molar-refractivity contribution is 0.362. The Morgan fingerprint density at radius 1 is 1.04 bits per heavy atom. The van der Waals surface area contributed by atoms with Crippen LogP contribution in [0.2, 0.25) is 0 Å². The molecule has 0 N–H and O–H groups in total. The summed E-state index contributed by atoms with van der Waals surface area (Å²) in [6.07, 6.45) is 4.82. The molecule has 0 fully saturated rings. The van der Waals surface area contributed by atoms with Crippen LogP contribution in [0.5, 0.6) is 0 Å². The number of hydrogen-bond acceptors (Lipinski definition) is 3. The Balaban J connectivity index is 1.94. The molecule has 0 saturated heterocycles. The molecule has 0 radical (unpaired) electrons. The number of benzene rings is 1. The second-order valence-corrected chi connectivity index (χ2v) is 6.90. The van der Waals surface area contributed by atoms with Crippen molar-refractivity contribution in [2.24, 2.45) is 0 Å². The zero-order chi connectivity index (χ0) is 16.2. The van der Waals surface area contributed by atoms with Crippen molar-refractivity contribution >= 4 is 28.2 Å². The maximum absolute atomic E-state index is 5.84. The highest BCUT2D eigenvalue weighted by Gasteiger charge is 2.20. The minimum atomic E-state index is 0.688. The summed E-state index contributed by atoms with van der Waals surface area (Å²) in [5.74, 6) is 0.688. The molecule has 0 unspecified atom stereocenters. The van der Waals surface area contributed by atoms with Gasteiger partial charge >= 0.3 is 0 Å². The van der Waals surface area contributed by atoms with Gasteiger partial charge in [-0.2, -0.15) is 0 Å². The first-order valence-electron chi connectivity index (χ1n) is 8.57. The number of aromatic nitrogens is 1. The first kappa shape index (κ1) is 16.5. The lowest BCUT2D eigenvalue weighted by Crippen LogP contribution is -2.32. The van der Waals surface area contributed by atoms with Gasteiger partial charge in [0, 0.05) is 43.6 Å². The third-order valence-corrected chi connectivity index (χ3v) is 4.97. The van der Waals surface area contributed by atoms with Crippen molar-refractivity contribution in [1.82, 2.24) is 9.88 Å². The van der Waals surface area contributed by atoms with Gasteiger partial charge in [-0.25, -0.2) is 0 Å². The molecule has 1 aromatic carbocycles. The number of para-hydroxylation sites is 1. The number of alkyl halides is 1. The first-order valence-corrected chi connectivity index (χ1v) is 9.10. The number of hydrogen-bond donors (Lipinski definition) is 0. The normalized spacial score (nSPS) is 14.3. The molecule has 3 rings (SSSR count). The van der Waals surface area contributed by atoms with Crippen LogP contribution in [0.15, 0.2) is 24.3 Å². The summed E-state index contributed by atoms with van der Waals surface area (Å²) < 4.78 is 0. The van der Waals surface area contributed by atoms with Gasteiger partial charge in [-0.1, -0.05) is 18.2 Å². The van der Waals surface area contributed by atoms with E-state index in [9.17, 15) is 0 Å². The maximum Gasteiger partial charge on any atom is 0.0726 e. The van der Waals surface area contributed by atoms with Crippen molar-refractivity contribution in [1.29, 1.82) is 0 Å². The van der Waals surface area contributed by atoms with Gasteiger partial charge in [0.05, 0.1) is 11.2 Å². The van der Waals surface area contributed by atoms with Gasteiger partial charge in [-0.15, -0.1) is 11.6 Å². The van der Waals surface area contributed by atoms with Crippen LogP contribution in [0.4, 0.5) is 5.69 Å². The van der Waals surface area contributed by atoms with E-state index in [0.717, 1.165) is 38.0 Å². The van der Waals surface area contributed by atoms with Gasteiger partial charge in [-0.05, 0) is 44.4 Å². The fourth-order valence-electron chi connectivity index (χ4n) is 3.47. The Hall–Kier alpha value is -1.32. The predicted molar refractivity (Wildman–Crippen MR) is 99.9 cm³/mol. The number of aryl methyl sites for hydroxylation is 1. The highest BCUT2D eigenvalue weighted by atomic mass is 35.5. The molecule has 1 heterocycles. The predicted octanol–water partition coefficient (Wildman–Crippen LogP) is 3.72. The highest BCUT2D eigenvalue weighted by molar-refractivity contribution is 6.18. The number of fused-ring (bicyclic) bond motifs is 2. The number of likely N-dealkylation sites (N-methyl/N-ethyl adjacent to an activating group) is 2. The summed E-state index contributed by atoms with van der Waals surface area (Å²) in [5.41, 5.74) is 5.30. The number of halogens is 1. The summed E-state index contributed by atoms with van der Waals surface area (Å²) >= 11 is 5.84. The molecule has 3 nitrogen and oxygen atoms in total. The van der Waals surface area contributed by atoms with E-state index in [2.05, 4.69) is 48.2 Å². The zero-order valence-electron chi connectivity index (χ0n) is 14.2. The maximum atomic E-state index is 5.84. The molecule has 0 spiro atoms. The Labute approximate surface area is 144 Å². The van der Waals surface area contributed by atoms with Gasteiger partial charge in [-0.3, -0.25) is 4.98 Å². The highest BCUT2D eigenvalue weighted by Crippen LogP contribution is 2.35. The fraction of sp³-hybridized carbons (Fsp3) is 0.526. The van der Waals surface area contributed by atoms with Crippen LogP contribution in [0, 0.1) is 0 Å². The molecule has 2 aromatic rings. The summed E-state index contributed by atoms with van der Waals surface area (Å²) in [5, 5.41) is 1.29. The number of rotatable bonds is 6. The second-order valence-electron chi connectivity index (χ2n) is 6.52. The molecule has 124 valence electrons. The Kier molecular flexibility index (Phi) is 5.39. The van der Waals surface area contributed by atoms with E-state index in [1.807, 2.05) is 0 Å². The average molecular weight is 332 g/mol. The van der Waals surface area contributed by atoms with E-state index in [1.54, 1.807) is 0 Å². The molecule has 0 atom stereocenters. The summed E-state index contributed by atoms with van der Waals surface area (Å²) in [7, 11) is 4.35. The summed E-state index contributed by atoms with van der Waals surface area (Å²) in [4.78, 5) is 9.64. The van der Waals surface area contributed by atoms with E-state index in [1.165, 1.54) is 35.2 Å². The third kappa shape index (κ3) is 3.61. The zero-order valence-corrected chi connectivity index (χ0v) is 14.9. The van der Waals surface area contributed by atoms with Gasteiger partial charge in [0.2, 0.25) is 0 Å². The number of anilines is 1. The molecule has 0 bridgehead atoms. The van der Waals surface area contributed by atoms with Crippen LogP contribution in [0.1, 0.15) is 24.1 Å². The van der Waals surface area contributed by atoms with Crippen molar-refractivity contribution in [3.05, 3.63) is 35.5 Å². The van der Waals surface area contributed by atoms with Crippen LogP contribution in [0.3, 0.4) is 0 Å². The quantitative estimate of drug-likeness (QED) is 0.752. The molecule has 1 aliphatic carbocycles. The first-order chi connectivity index (χ1) is 11.2. The molecular weight excluding hydrogens is 306 g/mol. The van der Waals surface area contributed by atoms with Crippen LogP contribution in [0.25, 0.3) is 10.9 Å². The van der Waals surface area contributed by atoms with Gasteiger partial charge in [0.15, 0.2) is 0 Å². The Bertz CT molecular complexity index is 671. The van der Waals surface area contributed by atoms with Crippen molar-refractivity contribution in [3.8, 4) is 0 Å². The van der Waals surface area contributed by atoms with Crippen molar-refractivity contribution < 1.29 is 0 Å². The van der Waals surface area contributed by atoms with Crippen LogP contribution < -0.4 is 4.90 Å². The molecule has 23 heavy (non-hydrogen) atoms. The summed E-state index contributed by atoms with van der Waals surface area (Å²) in [6, 6.07) is 8.56. The standard InChI is InChI=1S/C19H26ClN3/c1-22(12-11-20)13-14-23(2)19-15-7-3-5-9-17(15)21-18-10-6-4-8-16(18)19/h3,5,7,9H,4,6,8,10-14H2,1-2H3. The largest absolute Gasteiger partial charge is 0.372 e. The van der Waals surface area contributed by atoms with E-state index in [4.69, 9.17) is 16.6 Å².